The first-order valence-corrected chi connectivity index (χ1v) is 7.54. The maximum Gasteiger partial charge on any atom is 0.155 e. The van der Waals surface area contributed by atoms with E-state index in [9.17, 15) is 13.5 Å². The van der Waals surface area contributed by atoms with Gasteiger partial charge in [-0.05, 0) is 26.8 Å². The predicted molar refractivity (Wildman–Crippen MR) is 69.3 cm³/mol. The molecule has 102 valence electrons. The standard InChI is InChI=1S/C12H19NO4S/c1-5-17-10-6-9(7-13-8-10)11(14)12(2,3)18(4,15)16/h6-8,11,14H,5H2,1-4H3. The molecular formula is C12H19NO4S. The highest BCUT2D eigenvalue weighted by Crippen LogP contribution is 2.32. The third-order valence-electron chi connectivity index (χ3n) is 2.98. The summed E-state index contributed by atoms with van der Waals surface area (Å²) in [5.41, 5.74) is 0.427. The molecule has 1 N–H and O–H groups in total. The van der Waals surface area contributed by atoms with Crippen LogP contribution in [0.4, 0.5) is 0 Å². The minimum Gasteiger partial charge on any atom is -0.492 e. The topological polar surface area (TPSA) is 76.5 Å². The van der Waals surface area contributed by atoms with Crippen molar-refractivity contribution in [2.45, 2.75) is 31.6 Å². The van der Waals surface area contributed by atoms with Crippen LogP contribution in [0.5, 0.6) is 5.75 Å². The molecule has 0 saturated carbocycles. The molecule has 0 radical (unpaired) electrons. The van der Waals surface area contributed by atoms with Crippen molar-refractivity contribution in [3.63, 3.8) is 0 Å². The fraction of sp³-hybridized carbons (Fsp3) is 0.583. The summed E-state index contributed by atoms with van der Waals surface area (Å²) in [4.78, 5) is 3.94. The molecule has 0 saturated heterocycles. The zero-order chi connectivity index (χ0) is 14.0. The van der Waals surface area contributed by atoms with Crippen molar-refractivity contribution in [1.29, 1.82) is 0 Å². The number of hydrogen-bond acceptors (Lipinski definition) is 5. The zero-order valence-electron chi connectivity index (χ0n) is 11.0. The first-order valence-electron chi connectivity index (χ1n) is 5.65. The lowest BCUT2D eigenvalue weighted by molar-refractivity contribution is 0.138. The Kier molecular flexibility index (Phi) is 4.34. The molecule has 5 nitrogen and oxygen atoms in total. The molecule has 0 amide bonds. The lowest BCUT2D eigenvalue weighted by Crippen LogP contribution is -2.37. The second-order valence-electron chi connectivity index (χ2n) is 4.67. The van der Waals surface area contributed by atoms with E-state index < -0.39 is 20.7 Å². The molecule has 0 bridgehead atoms. The van der Waals surface area contributed by atoms with E-state index in [0.29, 0.717) is 17.9 Å². The summed E-state index contributed by atoms with van der Waals surface area (Å²) in [6.07, 6.45) is 2.92. The first-order chi connectivity index (χ1) is 8.20. The van der Waals surface area contributed by atoms with Crippen LogP contribution < -0.4 is 4.74 Å². The lowest BCUT2D eigenvalue weighted by Gasteiger charge is -2.28. The Labute approximate surface area is 108 Å². The monoisotopic (exact) mass is 273 g/mol. The molecular weight excluding hydrogens is 254 g/mol. The molecule has 0 aromatic carbocycles. The number of aliphatic hydroxyl groups excluding tert-OH is 1. The molecule has 0 fully saturated rings. The van der Waals surface area contributed by atoms with Gasteiger partial charge >= 0.3 is 0 Å². The number of hydrogen-bond donors (Lipinski definition) is 1. The van der Waals surface area contributed by atoms with Crippen LogP contribution in [0.15, 0.2) is 18.5 Å². The molecule has 1 rings (SSSR count). The van der Waals surface area contributed by atoms with Gasteiger partial charge in [0.25, 0.3) is 0 Å². The van der Waals surface area contributed by atoms with Gasteiger partial charge in [0.05, 0.1) is 23.7 Å². The van der Waals surface area contributed by atoms with E-state index in [-0.39, 0.29) is 0 Å². The number of sulfone groups is 1. The molecule has 1 heterocycles. The molecule has 1 unspecified atom stereocenters. The van der Waals surface area contributed by atoms with Gasteiger partial charge in [-0.3, -0.25) is 4.98 Å². The van der Waals surface area contributed by atoms with E-state index in [2.05, 4.69) is 4.98 Å². The SMILES string of the molecule is CCOc1cncc(C(O)C(C)(C)S(C)(=O)=O)c1. The number of aliphatic hydroxyl groups is 1. The summed E-state index contributed by atoms with van der Waals surface area (Å²) in [6, 6.07) is 1.61. The van der Waals surface area contributed by atoms with Crippen molar-refractivity contribution in [1.82, 2.24) is 4.98 Å². The summed E-state index contributed by atoms with van der Waals surface area (Å²) >= 11 is 0. The Morgan fingerprint density at radius 3 is 2.56 bits per heavy atom. The van der Waals surface area contributed by atoms with Crippen molar-refractivity contribution < 1.29 is 18.3 Å². The molecule has 0 aliphatic rings. The van der Waals surface area contributed by atoms with Crippen LogP contribution in [-0.4, -0.2) is 36.1 Å². The Morgan fingerprint density at radius 2 is 2.06 bits per heavy atom. The molecule has 1 aromatic heterocycles. The van der Waals surface area contributed by atoms with Gasteiger partial charge in [0.15, 0.2) is 9.84 Å². The van der Waals surface area contributed by atoms with Crippen molar-refractivity contribution in [2.75, 3.05) is 12.9 Å². The summed E-state index contributed by atoms with van der Waals surface area (Å²) in [7, 11) is -3.39. The fourth-order valence-corrected chi connectivity index (χ4v) is 1.98. The number of aromatic nitrogens is 1. The Hall–Kier alpha value is -1.14. The smallest absolute Gasteiger partial charge is 0.155 e. The van der Waals surface area contributed by atoms with Crippen LogP contribution in [0.2, 0.25) is 0 Å². The van der Waals surface area contributed by atoms with Crippen LogP contribution in [0.3, 0.4) is 0 Å². The molecule has 1 atom stereocenters. The molecule has 18 heavy (non-hydrogen) atoms. The van der Waals surface area contributed by atoms with E-state index in [1.54, 1.807) is 6.07 Å². The van der Waals surface area contributed by atoms with Gasteiger partial charge in [-0.1, -0.05) is 0 Å². The van der Waals surface area contributed by atoms with Crippen molar-refractivity contribution in [2.24, 2.45) is 0 Å². The predicted octanol–water partition coefficient (Wildman–Crippen LogP) is 1.34. The second-order valence-corrected chi connectivity index (χ2v) is 7.26. The largest absolute Gasteiger partial charge is 0.492 e. The Balaban J connectivity index is 3.11. The minimum atomic E-state index is -3.39. The van der Waals surface area contributed by atoms with Crippen LogP contribution in [0, 0.1) is 0 Å². The highest BCUT2D eigenvalue weighted by Gasteiger charge is 2.39. The van der Waals surface area contributed by atoms with Gasteiger partial charge in [-0.15, -0.1) is 0 Å². The van der Waals surface area contributed by atoms with E-state index in [0.717, 1.165) is 6.26 Å². The third-order valence-corrected chi connectivity index (χ3v) is 5.11. The van der Waals surface area contributed by atoms with Crippen LogP contribution >= 0.6 is 0 Å². The summed E-state index contributed by atoms with van der Waals surface area (Å²) in [5.74, 6) is 0.512. The molecule has 0 spiro atoms. The van der Waals surface area contributed by atoms with E-state index in [1.165, 1.54) is 26.2 Å². The highest BCUT2D eigenvalue weighted by atomic mass is 32.2. The maximum atomic E-state index is 11.7. The van der Waals surface area contributed by atoms with Gasteiger partial charge < -0.3 is 9.84 Å². The van der Waals surface area contributed by atoms with Crippen molar-refractivity contribution in [3.05, 3.63) is 24.0 Å². The van der Waals surface area contributed by atoms with Gasteiger partial charge in [0.2, 0.25) is 0 Å². The lowest BCUT2D eigenvalue weighted by atomic mass is 10.00. The van der Waals surface area contributed by atoms with Gasteiger partial charge in [0.1, 0.15) is 5.75 Å². The van der Waals surface area contributed by atoms with Crippen molar-refractivity contribution >= 4 is 9.84 Å². The van der Waals surface area contributed by atoms with E-state index >= 15 is 0 Å². The third kappa shape index (κ3) is 3.00. The zero-order valence-corrected chi connectivity index (χ0v) is 11.9. The maximum absolute atomic E-state index is 11.7. The van der Waals surface area contributed by atoms with Gasteiger partial charge in [0, 0.05) is 18.0 Å². The fourth-order valence-electron chi connectivity index (χ4n) is 1.43. The normalized spacial score (nSPS) is 14.3. The average Bonchev–Trinajstić information content (AvgIpc) is 2.27. The summed E-state index contributed by atoms with van der Waals surface area (Å²) in [5, 5.41) is 10.2. The summed E-state index contributed by atoms with van der Waals surface area (Å²) < 4.78 is 27.3. The van der Waals surface area contributed by atoms with Crippen LogP contribution in [0.1, 0.15) is 32.4 Å². The molecule has 1 aromatic rings. The molecule has 6 heteroatoms. The van der Waals surface area contributed by atoms with Gasteiger partial charge in [-0.25, -0.2) is 8.42 Å². The summed E-state index contributed by atoms with van der Waals surface area (Å²) in [6.45, 7) is 5.29. The Bertz CT molecular complexity index is 511. The van der Waals surface area contributed by atoms with E-state index in [4.69, 9.17) is 4.74 Å². The van der Waals surface area contributed by atoms with E-state index in [1.807, 2.05) is 6.92 Å². The number of pyridine rings is 1. The number of nitrogens with zero attached hydrogens (tertiary/aromatic N) is 1. The minimum absolute atomic E-state index is 0.427. The Morgan fingerprint density at radius 1 is 1.44 bits per heavy atom. The quantitative estimate of drug-likeness (QED) is 0.876. The van der Waals surface area contributed by atoms with Crippen molar-refractivity contribution in [3.8, 4) is 5.75 Å². The van der Waals surface area contributed by atoms with Crippen LogP contribution in [-0.2, 0) is 9.84 Å². The second kappa shape index (κ2) is 5.24. The molecule has 0 aliphatic carbocycles. The average molecular weight is 273 g/mol. The van der Waals surface area contributed by atoms with Crippen LogP contribution in [0.25, 0.3) is 0 Å². The first kappa shape index (κ1) is 14.9. The molecule has 0 aliphatic heterocycles. The highest BCUT2D eigenvalue weighted by molar-refractivity contribution is 7.92. The number of rotatable bonds is 5. The number of ether oxygens (including phenoxy) is 1. The van der Waals surface area contributed by atoms with Gasteiger partial charge in [-0.2, -0.15) is 0 Å².